The van der Waals surface area contributed by atoms with Gasteiger partial charge >= 0.3 is 0 Å². The summed E-state index contributed by atoms with van der Waals surface area (Å²) in [6.45, 7) is 18.4. The Balaban J connectivity index is 2.84. The Hall–Kier alpha value is -1.50. The van der Waals surface area contributed by atoms with Gasteiger partial charge in [-0.25, -0.2) is 0 Å². The van der Waals surface area contributed by atoms with Crippen molar-refractivity contribution >= 4 is 23.2 Å². The maximum atomic E-state index is 12.7. The minimum atomic E-state index is -0.243. The fourth-order valence-electron chi connectivity index (χ4n) is 3.00. The third-order valence-electron chi connectivity index (χ3n) is 4.88. The number of methoxy groups -OCH3 is 1. The molecule has 172 valence electrons. The molecule has 1 aromatic rings. The van der Waals surface area contributed by atoms with Crippen molar-refractivity contribution in [1.29, 1.82) is 0 Å². The zero-order valence-electron chi connectivity index (χ0n) is 19.9. The van der Waals surface area contributed by atoms with E-state index in [4.69, 9.17) is 21.1 Å². The summed E-state index contributed by atoms with van der Waals surface area (Å²) in [6.07, 6.45) is 0.802. The molecule has 0 unspecified atom stereocenters. The molecule has 0 aliphatic carbocycles. The van der Waals surface area contributed by atoms with E-state index in [0.717, 1.165) is 31.7 Å². The number of nitrogens with one attached hydrogen (secondary N) is 2. The number of amides is 1. The van der Waals surface area contributed by atoms with E-state index in [-0.39, 0.29) is 17.0 Å². The third kappa shape index (κ3) is 9.11. The van der Waals surface area contributed by atoms with E-state index in [1.807, 2.05) is 20.8 Å². The van der Waals surface area contributed by atoms with Crippen molar-refractivity contribution in [2.45, 2.75) is 66.0 Å². The topological polar surface area (TPSA) is 62.8 Å². The van der Waals surface area contributed by atoms with E-state index in [2.05, 4.69) is 43.2 Å². The maximum Gasteiger partial charge on any atom is 0.255 e. The number of hydrogen-bond acceptors (Lipinski definition) is 5. The van der Waals surface area contributed by atoms with Gasteiger partial charge in [-0.05, 0) is 60.2 Å². The second kappa shape index (κ2) is 11.8. The van der Waals surface area contributed by atoms with Crippen molar-refractivity contribution in [3.63, 3.8) is 0 Å². The van der Waals surface area contributed by atoms with Gasteiger partial charge in [0.05, 0.1) is 29.0 Å². The first-order valence-electron chi connectivity index (χ1n) is 10.7. The first-order chi connectivity index (χ1) is 13.9. The fraction of sp³-hybridized carbons (Fsp3) is 0.696. The van der Waals surface area contributed by atoms with Gasteiger partial charge in [-0.15, -0.1) is 0 Å². The molecular formula is C23H40ClN3O3. The highest BCUT2D eigenvalue weighted by Crippen LogP contribution is 2.33. The number of halogens is 1. The number of benzene rings is 1. The monoisotopic (exact) mass is 441 g/mol. The van der Waals surface area contributed by atoms with Gasteiger partial charge in [0.25, 0.3) is 5.91 Å². The fourth-order valence-corrected chi connectivity index (χ4v) is 3.21. The highest BCUT2D eigenvalue weighted by molar-refractivity contribution is 6.33. The Labute approximate surface area is 187 Å². The van der Waals surface area contributed by atoms with E-state index in [1.54, 1.807) is 19.2 Å². The number of rotatable bonds is 12. The van der Waals surface area contributed by atoms with Crippen molar-refractivity contribution in [3.05, 3.63) is 22.7 Å². The minimum Gasteiger partial charge on any atom is -0.496 e. The van der Waals surface area contributed by atoms with Gasteiger partial charge in [-0.2, -0.15) is 0 Å². The lowest BCUT2D eigenvalue weighted by Crippen LogP contribution is -2.35. The number of likely N-dealkylation sites (N-methyl/N-ethyl adjacent to an activating group) is 1. The summed E-state index contributed by atoms with van der Waals surface area (Å²) < 4.78 is 11.3. The number of carbonyl (C=O) groups is 1. The van der Waals surface area contributed by atoms with Crippen LogP contribution in [0.4, 0.5) is 5.69 Å². The molecule has 0 saturated carbocycles. The van der Waals surface area contributed by atoms with Crippen LogP contribution >= 0.6 is 11.6 Å². The first kappa shape index (κ1) is 26.5. The largest absolute Gasteiger partial charge is 0.496 e. The van der Waals surface area contributed by atoms with E-state index in [9.17, 15) is 4.79 Å². The molecule has 6 nitrogen and oxygen atoms in total. The smallest absolute Gasteiger partial charge is 0.255 e. The normalized spacial score (nSPS) is 12.2. The second-order valence-electron chi connectivity index (χ2n) is 9.03. The SMILES string of the molecule is CCN(CC)CCNC(=O)c1cc(Cl)c(NC(C)(C)CCOC(C)(C)C)cc1OC. The quantitative estimate of drug-likeness (QED) is 0.487. The van der Waals surface area contributed by atoms with Crippen LogP contribution in [0.2, 0.25) is 5.02 Å². The van der Waals surface area contributed by atoms with Crippen molar-refractivity contribution in [2.75, 3.05) is 45.2 Å². The Morgan fingerprint density at radius 1 is 1.13 bits per heavy atom. The number of nitrogens with zero attached hydrogens (tertiary/aromatic N) is 1. The molecule has 0 fully saturated rings. The lowest BCUT2D eigenvalue weighted by Gasteiger charge is -2.30. The Kier molecular flexibility index (Phi) is 10.4. The predicted octanol–water partition coefficient (Wildman–Crippen LogP) is 4.82. The maximum absolute atomic E-state index is 12.7. The van der Waals surface area contributed by atoms with Gasteiger partial charge in [0, 0.05) is 31.3 Å². The van der Waals surface area contributed by atoms with Gasteiger partial charge in [-0.3, -0.25) is 4.79 Å². The summed E-state index contributed by atoms with van der Waals surface area (Å²) in [6, 6.07) is 3.45. The minimum absolute atomic E-state index is 0.169. The number of hydrogen-bond donors (Lipinski definition) is 2. The van der Waals surface area contributed by atoms with Gasteiger partial charge in [0.2, 0.25) is 0 Å². The zero-order chi connectivity index (χ0) is 22.9. The third-order valence-corrected chi connectivity index (χ3v) is 5.19. The molecule has 2 N–H and O–H groups in total. The van der Waals surface area contributed by atoms with Crippen molar-refractivity contribution < 1.29 is 14.3 Å². The first-order valence-corrected chi connectivity index (χ1v) is 11.1. The van der Waals surface area contributed by atoms with Gasteiger partial charge in [-0.1, -0.05) is 25.4 Å². The number of anilines is 1. The molecule has 0 atom stereocenters. The van der Waals surface area contributed by atoms with E-state index in [0.29, 0.717) is 29.5 Å². The lowest BCUT2D eigenvalue weighted by molar-refractivity contribution is -0.00846. The summed E-state index contributed by atoms with van der Waals surface area (Å²) in [7, 11) is 1.56. The molecule has 1 aromatic carbocycles. The molecule has 0 radical (unpaired) electrons. The van der Waals surface area contributed by atoms with Crippen LogP contribution in [0, 0.1) is 0 Å². The van der Waals surface area contributed by atoms with Crippen LogP contribution in [0.25, 0.3) is 0 Å². The molecule has 0 spiro atoms. The highest BCUT2D eigenvalue weighted by atomic mass is 35.5. The van der Waals surface area contributed by atoms with Crippen LogP contribution in [-0.4, -0.2) is 61.8 Å². The summed E-state index contributed by atoms with van der Waals surface area (Å²) in [5.74, 6) is 0.300. The summed E-state index contributed by atoms with van der Waals surface area (Å²) in [5.41, 5.74) is 0.750. The molecule has 0 aliphatic rings. The average molecular weight is 442 g/mol. The molecule has 1 amide bonds. The Bertz CT molecular complexity index is 683. The number of carbonyl (C=O) groups excluding carboxylic acids is 1. The average Bonchev–Trinajstić information content (AvgIpc) is 2.64. The predicted molar refractivity (Wildman–Crippen MR) is 126 cm³/mol. The van der Waals surface area contributed by atoms with Gasteiger partial charge in [0.1, 0.15) is 5.75 Å². The summed E-state index contributed by atoms with van der Waals surface area (Å²) in [5, 5.41) is 6.89. The van der Waals surface area contributed by atoms with Crippen LogP contribution < -0.4 is 15.4 Å². The van der Waals surface area contributed by atoms with Crippen molar-refractivity contribution in [1.82, 2.24) is 10.2 Å². The Morgan fingerprint density at radius 2 is 1.77 bits per heavy atom. The van der Waals surface area contributed by atoms with E-state index < -0.39 is 0 Å². The number of ether oxygens (including phenoxy) is 2. The zero-order valence-corrected chi connectivity index (χ0v) is 20.7. The summed E-state index contributed by atoms with van der Waals surface area (Å²) >= 11 is 6.51. The van der Waals surface area contributed by atoms with Crippen molar-refractivity contribution in [3.8, 4) is 5.75 Å². The van der Waals surface area contributed by atoms with Gasteiger partial charge in [0.15, 0.2) is 0 Å². The second-order valence-corrected chi connectivity index (χ2v) is 9.44. The van der Waals surface area contributed by atoms with Crippen LogP contribution in [0.1, 0.15) is 65.2 Å². The molecule has 0 aromatic heterocycles. The van der Waals surface area contributed by atoms with Crippen LogP contribution in [0.3, 0.4) is 0 Å². The van der Waals surface area contributed by atoms with Crippen molar-refractivity contribution in [2.24, 2.45) is 0 Å². The molecule has 0 heterocycles. The van der Waals surface area contributed by atoms with E-state index >= 15 is 0 Å². The molecule has 1 rings (SSSR count). The standard InChI is InChI=1S/C23H40ClN3O3/c1-9-27(10-2)13-12-25-21(28)17-15-18(24)19(16-20(17)29-8)26-23(6,7)11-14-30-22(3,4)5/h15-16,26H,9-14H2,1-8H3,(H,25,28). The molecule has 0 aliphatic heterocycles. The summed E-state index contributed by atoms with van der Waals surface area (Å²) in [4.78, 5) is 14.9. The molecule has 30 heavy (non-hydrogen) atoms. The van der Waals surface area contributed by atoms with Crippen LogP contribution in [0.15, 0.2) is 12.1 Å². The molecule has 7 heteroatoms. The molecule has 0 saturated heterocycles. The highest BCUT2D eigenvalue weighted by Gasteiger charge is 2.23. The van der Waals surface area contributed by atoms with Crippen LogP contribution in [-0.2, 0) is 4.74 Å². The Morgan fingerprint density at radius 3 is 2.30 bits per heavy atom. The van der Waals surface area contributed by atoms with Gasteiger partial charge < -0.3 is 25.0 Å². The van der Waals surface area contributed by atoms with E-state index in [1.165, 1.54) is 0 Å². The lowest BCUT2D eigenvalue weighted by atomic mass is 10.00. The molecule has 0 bridgehead atoms. The van der Waals surface area contributed by atoms with Crippen LogP contribution in [0.5, 0.6) is 5.75 Å². The molecular weight excluding hydrogens is 402 g/mol.